The van der Waals surface area contributed by atoms with Crippen LogP contribution < -0.4 is 5.19 Å². The summed E-state index contributed by atoms with van der Waals surface area (Å²) in [5.41, 5.74) is 3.21. The molecule has 0 aromatic heterocycles. The molecule has 0 N–H and O–H groups in total. The molecule has 1 rings (SSSR count). The van der Waals surface area contributed by atoms with E-state index < -0.39 is 0 Å². The van der Waals surface area contributed by atoms with Gasteiger partial charge in [-0.05, 0) is 11.6 Å². The van der Waals surface area contributed by atoms with E-state index >= 15 is 0 Å². The molecule has 2 radical (unpaired) electrons. The Morgan fingerprint density at radius 3 is 2.69 bits per heavy atom. The zero-order valence-electron chi connectivity index (χ0n) is 8.01. The van der Waals surface area contributed by atoms with Gasteiger partial charge in [-0.1, -0.05) is 43.7 Å². The summed E-state index contributed by atoms with van der Waals surface area (Å²) in [5.74, 6) is 3.20. The first-order valence-electron chi connectivity index (χ1n) is 4.72. The lowest BCUT2D eigenvalue weighted by atomic mass is 10.3. The van der Waals surface area contributed by atoms with Gasteiger partial charge in [0.1, 0.15) is 0 Å². The lowest BCUT2D eigenvalue weighted by Crippen LogP contribution is -2.10. The molecule has 0 heterocycles. The van der Waals surface area contributed by atoms with Crippen LogP contribution in [0.15, 0.2) is 30.3 Å². The van der Waals surface area contributed by atoms with Crippen LogP contribution in [0, 0.1) is 11.5 Å². The van der Waals surface area contributed by atoms with Crippen LogP contribution in [0.2, 0.25) is 0 Å². The van der Waals surface area contributed by atoms with Crippen LogP contribution >= 0.6 is 0 Å². The Balaban J connectivity index is 2.29. The zero-order valence-corrected chi connectivity index (χ0v) is 9.01. The van der Waals surface area contributed by atoms with Crippen molar-refractivity contribution >= 4 is 14.7 Å². The molecule has 0 nitrogen and oxygen atoms in total. The highest BCUT2D eigenvalue weighted by Crippen LogP contribution is 1.89. The predicted molar refractivity (Wildman–Crippen MR) is 59.1 cm³/mol. The lowest BCUT2D eigenvalue weighted by molar-refractivity contribution is 0.828. The van der Waals surface area contributed by atoms with Gasteiger partial charge in [0.25, 0.3) is 0 Å². The molecular formula is C12H14Si. The van der Waals surface area contributed by atoms with Gasteiger partial charge in [-0.15, -0.1) is 11.5 Å². The van der Waals surface area contributed by atoms with E-state index in [9.17, 15) is 0 Å². The molecule has 0 amide bonds. The van der Waals surface area contributed by atoms with E-state index in [0.29, 0.717) is 9.52 Å². The maximum absolute atomic E-state index is 3.21. The van der Waals surface area contributed by atoms with Crippen LogP contribution in [0.25, 0.3) is 0 Å². The molecule has 0 saturated heterocycles. The van der Waals surface area contributed by atoms with Gasteiger partial charge in [-0.3, -0.25) is 0 Å². The van der Waals surface area contributed by atoms with Gasteiger partial charge in [0.2, 0.25) is 0 Å². The summed E-state index contributed by atoms with van der Waals surface area (Å²) >= 11 is 0. The van der Waals surface area contributed by atoms with Crippen molar-refractivity contribution in [1.82, 2.24) is 0 Å². The number of rotatable bonds is 3. The Labute approximate surface area is 83.2 Å². The SMILES string of the molecule is CCCCC#C[Si]c1ccccc1. The Kier molecular flexibility index (Phi) is 5.04. The summed E-state index contributed by atoms with van der Waals surface area (Å²) < 4.78 is 0. The third kappa shape index (κ3) is 4.54. The molecule has 13 heavy (non-hydrogen) atoms. The Hall–Kier alpha value is -1.00. The van der Waals surface area contributed by atoms with Gasteiger partial charge < -0.3 is 0 Å². The third-order valence-corrected chi connectivity index (χ3v) is 2.65. The van der Waals surface area contributed by atoms with Crippen molar-refractivity contribution < 1.29 is 0 Å². The minimum absolute atomic E-state index is 0.655. The average Bonchev–Trinajstić information content (AvgIpc) is 2.19. The van der Waals surface area contributed by atoms with E-state index in [4.69, 9.17) is 0 Å². The van der Waals surface area contributed by atoms with Gasteiger partial charge >= 0.3 is 0 Å². The highest BCUT2D eigenvalue weighted by Gasteiger charge is 1.87. The Morgan fingerprint density at radius 1 is 1.23 bits per heavy atom. The van der Waals surface area contributed by atoms with Crippen LogP contribution in [0.1, 0.15) is 26.2 Å². The predicted octanol–water partition coefficient (Wildman–Crippen LogP) is 2.17. The normalized spacial score (nSPS) is 9.00. The highest BCUT2D eigenvalue weighted by molar-refractivity contribution is 6.61. The molecule has 0 unspecified atom stereocenters. The van der Waals surface area contributed by atoms with Crippen LogP contribution in [0.3, 0.4) is 0 Å². The number of unbranched alkanes of at least 4 members (excludes halogenated alkanes) is 2. The molecule has 66 valence electrons. The topological polar surface area (TPSA) is 0 Å². The van der Waals surface area contributed by atoms with Gasteiger partial charge in [0, 0.05) is 6.42 Å². The van der Waals surface area contributed by atoms with Crippen molar-refractivity contribution in [1.29, 1.82) is 0 Å². The first-order chi connectivity index (χ1) is 6.43. The molecule has 0 atom stereocenters. The molecule has 1 heteroatoms. The van der Waals surface area contributed by atoms with Gasteiger partial charge in [-0.25, -0.2) is 0 Å². The number of hydrogen-bond acceptors (Lipinski definition) is 0. The molecule has 0 spiro atoms. The van der Waals surface area contributed by atoms with Crippen molar-refractivity contribution in [2.24, 2.45) is 0 Å². The van der Waals surface area contributed by atoms with Crippen LogP contribution in [-0.2, 0) is 0 Å². The quantitative estimate of drug-likeness (QED) is 0.385. The molecule has 0 saturated carbocycles. The molecular weight excluding hydrogens is 172 g/mol. The minimum atomic E-state index is 0.655. The summed E-state index contributed by atoms with van der Waals surface area (Å²) in [7, 11) is 0.655. The fourth-order valence-corrected chi connectivity index (χ4v) is 1.68. The third-order valence-electron chi connectivity index (χ3n) is 1.72. The maximum Gasteiger partial charge on any atom is 0.186 e. The van der Waals surface area contributed by atoms with Crippen molar-refractivity contribution in [3.05, 3.63) is 30.3 Å². The van der Waals surface area contributed by atoms with Crippen LogP contribution in [0.4, 0.5) is 0 Å². The number of hydrogen-bond donors (Lipinski definition) is 0. The standard InChI is InChI=1S/C12H14Si/c1-2-3-4-8-11-13-12-9-6-5-7-10-12/h5-7,9-10H,2-4H2,1H3. The van der Waals surface area contributed by atoms with Gasteiger partial charge in [0.15, 0.2) is 9.52 Å². The smallest absolute Gasteiger partial charge is 0.129 e. The summed E-state index contributed by atoms with van der Waals surface area (Å²) in [4.78, 5) is 0. The molecule has 1 aromatic rings. The molecule has 0 bridgehead atoms. The first-order valence-corrected chi connectivity index (χ1v) is 5.72. The fourth-order valence-electron chi connectivity index (χ4n) is 0.966. The van der Waals surface area contributed by atoms with Crippen LogP contribution in [0.5, 0.6) is 0 Å². The summed E-state index contributed by atoms with van der Waals surface area (Å²) in [6, 6.07) is 10.4. The van der Waals surface area contributed by atoms with Gasteiger partial charge in [0.05, 0.1) is 0 Å². The molecule has 0 aliphatic heterocycles. The van der Waals surface area contributed by atoms with E-state index in [2.05, 4.69) is 42.7 Å². The highest BCUT2D eigenvalue weighted by atomic mass is 28.2. The summed E-state index contributed by atoms with van der Waals surface area (Å²) in [5, 5.41) is 1.34. The van der Waals surface area contributed by atoms with E-state index in [-0.39, 0.29) is 0 Å². The van der Waals surface area contributed by atoms with Crippen LogP contribution in [-0.4, -0.2) is 9.52 Å². The van der Waals surface area contributed by atoms with E-state index in [1.54, 1.807) is 0 Å². The van der Waals surface area contributed by atoms with E-state index in [0.717, 1.165) is 6.42 Å². The Bertz CT molecular complexity index is 279. The monoisotopic (exact) mass is 186 g/mol. The molecule has 0 aliphatic rings. The van der Waals surface area contributed by atoms with E-state index in [1.165, 1.54) is 18.0 Å². The summed E-state index contributed by atoms with van der Waals surface area (Å²) in [6.07, 6.45) is 3.52. The van der Waals surface area contributed by atoms with Gasteiger partial charge in [-0.2, -0.15) is 0 Å². The maximum atomic E-state index is 3.21. The molecule has 0 aliphatic carbocycles. The molecule has 0 fully saturated rings. The minimum Gasteiger partial charge on any atom is -0.129 e. The first kappa shape index (κ1) is 10.1. The number of benzene rings is 1. The lowest BCUT2D eigenvalue weighted by Gasteiger charge is -1.89. The van der Waals surface area contributed by atoms with Crippen molar-refractivity contribution in [3.63, 3.8) is 0 Å². The second-order valence-electron chi connectivity index (χ2n) is 2.90. The second-order valence-corrected chi connectivity index (χ2v) is 3.97. The zero-order chi connectivity index (χ0) is 9.36. The van der Waals surface area contributed by atoms with Crippen molar-refractivity contribution in [2.75, 3.05) is 0 Å². The summed E-state index contributed by atoms with van der Waals surface area (Å²) in [6.45, 7) is 2.20. The van der Waals surface area contributed by atoms with Crippen molar-refractivity contribution in [2.45, 2.75) is 26.2 Å². The Morgan fingerprint density at radius 2 is 2.00 bits per heavy atom. The largest absolute Gasteiger partial charge is 0.186 e. The molecule has 1 aromatic carbocycles. The van der Waals surface area contributed by atoms with Crippen molar-refractivity contribution in [3.8, 4) is 11.5 Å². The average molecular weight is 186 g/mol. The second kappa shape index (κ2) is 6.51. The van der Waals surface area contributed by atoms with E-state index in [1.807, 2.05) is 6.07 Å². The fraction of sp³-hybridized carbons (Fsp3) is 0.333.